The van der Waals surface area contributed by atoms with Crippen LogP contribution in [0.1, 0.15) is 39.0 Å². The van der Waals surface area contributed by atoms with E-state index in [1.54, 1.807) is 0 Å². The van der Waals surface area contributed by atoms with E-state index in [2.05, 4.69) is 30.8 Å². The monoisotopic (exact) mass is 298 g/mol. The van der Waals surface area contributed by atoms with Gasteiger partial charge in [-0.3, -0.25) is 4.79 Å². The van der Waals surface area contributed by atoms with Gasteiger partial charge in [0.05, 0.1) is 0 Å². The molecule has 5 heteroatoms. The summed E-state index contributed by atoms with van der Waals surface area (Å²) in [5, 5.41) is 0. The summed E-state index contributed by atoms with van der Waals surface area (Å²) in [4.78, 5) is 18.7. The number of likely N-dealkylation sites (N-methyl/N-ethyl adjacent to an activating group) is 2. The zero-order valence-electron chi connectivity index (χ0n) is 14.3. The Morgan fingerprint density at radius 2 is 1.90 bits per heavy atom. The maximum Gasteiger partial charge on any atom is 0.223 e. The average Bonchev–Trinajstić information content (AvgIpc) is 2.45. The van der Waals surface area contributed by atoms with E-state index in [9.17, 15) is 4.79 Å². The molecule has 21 heavy (non-hydrogen) atoms. The summed E-state index contributed by atoms with van der Waals surface area (Å²) in [6.45, 7) is 6.19. The molecule has 1 saturated heterocycles. The molecule has 0 aromatic rings. The maximum absolute atomic E-state index is 12.1. The molecule has 2 N–H and O–H groups in total. The highest BCUT2D eigenvalue weighted by molar-refractivity contribution is 5.76. The number of hydrogen-bond acceptors (Lipinski definition) is 4. The summed E-state index contributed by atoms with van der Waals surface area (Å²) in [5.74, 6) is 0.174. The minimum Gasteiger partial charge on any atom is -0.344 e. The van der Waals surface area contributed by atoms with E-state index < -0.39 is 0 Å². The van der Waals surface area contributed by atoms with E-state index in [0.29, 0.717) is 12.5 Å². The second-order valence-corrected chi connectivity index (χ2v) is 6.58. The van der Waals surface area contributed by atoms with Crippen molar-refractivity contribution in [2.24, 2.45) is 5.73 Å². The molecule has 124 valence electrons. The molecule has 0 spiro atoms. The van der Waals surface area contributed by atoms with Crippen LogP contribution in [0, 0.1) is 0 Å². The summed E-state index contributed by atoms with van der Waals surface area (Å²) >= 11 is 0. The standard InChI is InChI=1S/C16H34N4O/c1-5-6-14(17)13-16(21)20(4)12-11-19(3)15-7-9-18(2)10-8-15/h14-15H,5-13,17H2,1-4H3. The molecule has 0 aromatic heterocycles. The molecule has 1 heterocycles. The second-order valence-electron chi connectivity index (χ2n) is 6.58. The second kappa shape index (κ2) is 9.38. The fourth-order valence-electron chi connectivity index (χ4n) is 2.90. The molecule has 0 aliphatic carbocycles. The van der Waals surface area contributed by atoms with Crippen LogP contribution in [0.15, 0.2) is 0 Å². The highest BCUT2D eigenvalue weighted by atomic mass is 16.2. The quantitative estimate of drug-likeness (QED) is 0.726. The summed E-state index contributed by atoms with van der Waals surface area (Å²) in [5.41, 5.74) is 5.95. The highest BCUT2D eigenvalue weighted by Crippen LogP contribution is 2.13. The molecule has 1 rings (SSSR count). The van der Waals surface area contributed by atoms with Crippen LogP contribution in [0.4, 0.5) is 0 Å². The molecular formula is C16H34N4O. The van der Waals surface area contributed by atoms with Crippen molar-refractivity contribution in [3.63, 3.8) is 0 Å². The minimum absolute atomic E-state index is 0.0107. The lowest BCUT2D eigenvalue weighted by Crippen LogP contribution is -2.45. The molecule has 5 nitrogen and oxygen atoms in total. The Labute approximate surface area is 130 Å². The fourth-order valence-corrected chi connectivity index (χ4v) is 2.90. The van der Waals surface area contributed by atoms with Crippen LogP contribution >= 0.6 is 0 Å². The van der Waals surface area contributed by atoms with Crippen molar-refractivity contribution in [1.82, 2.24) is 14.7 Å². The van der Waals surface area contributed by atoms with Crippen LogP contribution in [0.2, 0.25) is 0 Å². The third kappa shape index (κ3) is 6.76. The van der Waals surface area contributed by atoms with Gasteiger partial charge < -0.3 is 20.4 Å². The Bertz CT molecular complexity index is 303. The molecule has 1 amide bonds. The number of rotatable bonds is 8. The zero-order chi connectivity index (χ0) is 15.8. The first-order valence-corrected chi connectivity index (χ1v) is 8.32. The van der Waals surface area contributed by atoms with Crippen molar-refractivity contribution < 1.29 is 4.79 Å². The lowest BCUT2D eigenvalue weighted by Gasteiger charge is -2.35. The van der Waals surface area contributed by atoms with Gasteiger partial charge in [-0.25, -0.2) is 0 Å². The first-order valence-electron chi connectivity index (χ1n) is 8.32. The normalized spacial score (nSPS) is 19.0. The van der Waals surface area contributed by atoms with E-state index >= 15 is 0 Å². The Morgan fingerprint density at radius 3 is 2.48 bits per heavy atom. The van der Waals surface area contributed by atoms with Crippen LogP contribution in [0.5, 0.6) is 0 Å². The van der Waals surface area contributed by atoms with Gasteiger partial charge in [0.2, 0.25) is 5.91 Å². The molecule has 1 unspecified atom stereocenters. The summed E-state index contributed by atoms with van der Waals surface area (Å²) in [6, 6.07) is 0.670. The van der Waals surface area contributed by atoms with Crippen molar-refractivity contribution in [1.29, 1.82) is 0 Å². The van der Waals surface area contributed by atoms with Crippen LogP contribution in [0.3, 0.4) is 0 Å². The Kier molecular flexibility index (Phi) is 8.22. The molecule has 0 radical (unpaired) electrons. The van der Waals surface area contributed by atoms with E-state index in [-0.39, 0.29) is 11.9 Å². The molecule has 0 bridgehead atoms. The summed E-state index contributed by atoms with van der Waals surface area (Å²) < 4.78 is 0. The van der Waals surface area contributed by atoms with Gasteiger partial charge in [0, 0.05) is 38.6 Å². The molecule has 1 atom stereocenters. The number of piperidine rings is 1. The largest absolute Gasteiger partial charge is 0.344 e. The van der Waals surface area contributed by atoms with Crippen molar-refractivity contribution in [2.45, 2.75) is 51.1 Å². The third-order valence-corrected chi connectivity index (χ3v) is 4.62. The van der Waals surface area contributed by atoms with E-state index in [1.807, 2.05) is 11.9 Å². The Morgan fingerprint density at radius 1 is 1.29 bits per heavy atom. The number of nitrogens with zero attached hydrogens (tertiary/aromatic N) is 3. The lowest BCUT2D eigenvalue weighted by molar-refractivity contribution is -0.130. The molecule has 1 fully saturated rings. The topological polar surface area (TPSA) is 52.8 Å². The molecular weight excluding hydrogens is 264 g/mol. The van der Waals surface area contributed by atoms with E-state index in [0.717, 1.165) is 25.9 Å². The predicted molar refractivity (Wildman–Crippen MR) is 88.3 cm³/mol. The number of nitrogens with two attached hydrogens (primary N) is 1. The van der Waals surface area contributed by atoms with Gasteiger partial charge >= 0.3 is 0 Å². The van der Waals surface area contributed by atoms with Gasteiger partial charge in [-0.15, -0.1) is 0 Å². The summed E-state index contributed by atoms with van der Waals surface area (Å²) in [6.07, 6.45) is 4.90. The maximum atomic E-state index is 12.1. The van der Waals surface area contributed by atoms with Crippen molar-refractivity contribution in [3.05, 3.63) is 0 Å². The lowest BCUT2D eigenvalue weighted by atomic mass is 10.0. The Balaban J connectivity index is 2.25. The minimum atomic E-state index is 0.0107. The van der Waals surface area contributed by atoms with Crippen molar-refractivity contribution >= 4 is 5.91 Å². The van der Waals surface area contributed by atoms with Gasteiger partial charge in [-0.1, -0.05) is 13.3 Å². The van der Waals surface area contributed by atoms with Gasteiger partial charge in [-0.05, 0) is 46.4 Å². The van der Waals surface area contributed by atoms with Crippen LogP contribution in [-0.2, 0) is 4.79 Å². The fraction of sp³-hybridized carbons (Fsp3) is 0.938. The third-order valence-electron chi connectivity index (χ3n) is 4.62. The molecule has 0 saturated carbocycles. The Hall–Kier alpha value is -0.650. The number of carbonyl (C=O) groups excluding carboxylic acids is 1. The predicted octanol–water partition coefficient (Wildman–Crippen LogP) is 0.988. The average molecular weight is 298 g/mol. The molecule has 1 aliphatic rings. The van der Waals surface area contributed by atoms with Crippen molar-refractivity contribution in [3.8, 4) is 0 Å². The number of amides is 1. The van der Waals surface area contributed by atoms with Gasteiger partial charge in [0.15, 0.2) is 0 Å². The molecule has 1 aliphatic heterocycles. The smallest absolute Gasteiger partial charge is 0.223 e. The van der Waals surface area contributed by atoms with E-state index in [4.69, 9.17) is 5.73 Å². The molecule has 0 aromatic carbocycles. The SMILES string of the molecule is CCCC(N)CC(=O)N(C)CCN(C)C1CCN(C)CC1. The van der Waals surface area contributed by atoms with Gasteiger partial charge in [0.1, 0.15) is 0 Å². The zero-order valence-corrected chi connectivity index (χ0v) is 14.3. The number of hydrogen-bond donors (Lipinski definition) is 1. The van der Waals surface area contributed by atoms with Crippen LogP contribution in [0.25, 0.3) is 0 Å². The van der Waals surface area contributed by atoms with Crippen molar-refractivity contribution in [2.75, 3.05) is 47.3 Å². The highest BCUT2D eigenvalue weighted by Gasteiger charge is 2.21. The first kappa shape index (κ1) is 18.4. The van der Waals surface area contributed by atoms with Crippen LogP contribution in [-0.4, -0.2) is 80.0 Å². The number of likely N-dealkylation sites (tertiary alicyclic amines) is 1. The van der Waals surface area contributed by atoms with Gasteiger partial charge in [0.25, 0.3) is 0 Å². The summed E-state index contributed by atoms with van der Waals surface area (Å²) in [7, 11) is 6.25. The van der Waals surface area contributed by atoms with Gasteiger partial charge in [-0.2, -0.15) is 0 Å². The van der Waals surface area contributed by atoms with E-state index in [1.165, 1.54) is 25.9 Å². The van der Waals surface area contributed by atoms with Crippen LogP contribution < -0.4 is 5.73 Å². The first-order chi connectivity index (χ1) is 9.93. The number of carbonyl (C=O) groups is 1.